The average molecular weight is 489 g/mol. The lowest BCUT2D eigenvalue weighted by molar-refractivity contribution is -0.121. The van der Waals surface area contributed by atoms with Crippen molar-refractivity contribution >= 4 is 15.9 Å². The minimum atomic E-state index is -3.62. The number of amides is 1. The maximum atomic E-state index is 13.0. The topological polar surface area (TPSA) is 84.9 Å². The Hall–Kier alpha value is -2.42. The first-order valence-electron chi connectivity index (χ1n) is 11.7. The number of hydrogen-bond donors (Lipinski definition) is 1. The molecule has 8 heteroatoms. The molecule has 2 aromatic carbocycles. The number of nitrogens with one attached hydrogen (secondary N) is 1. The summed E-state index contributed by atoms with van der Waals surface area (Å²) in [6.07, 6.45) is 0.596. The summed E-state index contributed by atoms with van der Waals surface area (Å²) < 4.78 is 38.2. The SMILES string of the molecule is COc1ccc(S(=O)(=O)N2CCOCC2)cc1CCC(=O)NC(C)c1ccc(C(C)(C)C)cc1. The van der Waals surface area contributed by atoms with E-state index in [1.807, 2.05) is 6.92 Å². The third-order valence-corrected chi connectivity index (χ3v) is 8.03. The van der Waals surface area contributed by atoms with E-state index in [2.05, 4.69) is 50.4 Å². The average Bonchev–Trinajstić information content (AvgIpc) is 2.82. The van der Waals surface area contributed by atoms with Crippen molar-refractivity contribution in [2.75, 3.05) is 33.4 Å². The molecule has 1 aliphatic rings. The molecule has 0 aliphatic carbocycles. The van der Waals surface area contributed by atoms with Crippen LogP contribution in [0.15, 0.2) is 47.4 Å². The zero-order valence-electron chi connectivity index (χ0n) is 20.8. The summed E-state index contributed by atoms with van der Waals surface area (Å²) in [6.45, 7) is 9.91. The van der Waals surface area contributed by atoms with E-state index in [4.69, 9.17) is 9.47 Å². The second-order valence-corrected chi connectivity index (χ2v) is 11.6. The molecule has 0 spiro atoms. The molecule has 0 bridgehead atoms. The van der Waals surface area contributed by atoms with Crippen LogP contribution >= 0.6 is 0 Å². The fourth-order valence-corrected chi connectivity index (χ4v) is 5.42. The zero-order chi connectivity index (χ0) is 24.9. The zero-order valence-corrected chi connectivity index (χ0v) is 21.6. The van der Waals surface area contributed by atoms with Gasteiger partial charge in [-0.2, -0.15) is 4.31 Å². The van der Waals surface area contributed by atoms with Crippen molar-refractivity contribution in [1.29, 1.82) is 0 Å². The van der Waals surface area contributed by atoms with Gasteiger partial charge in [0.05, 0.1) is 31.3 Å². The highest BCUT2D eigenvalue weighted by atomic mass is 32.2. The number of morpholine rings is 1. The Balaban J connectivity index is 1.65. The summed E-state index contributed by atoms with van der Waals surface area (Å²) >= 11 is 0. The first-order chi connectivity index (χ1) is 16.0. The Morgan fingerprint density at radius 1 is 1.12 bits per heavy atom. The van der Waals surface area contributed by atoms with Crippen LogP contribution in [0.5, 0.6) is 5.75 Å². The van der Waals surface area contributed by atoms with Gasteiger partial charge >= 0.3 is 0 Å². The van der Waals surface area contributed by atoms with Crippen molar-refractivity contribution in [3.63, 3.8) is 0 Å². The number of hydrogen-bond acceptors (Lipinski definition) is 5. The van der Waals surface area contributed by atoms with Crippen LogP contribution in [0.2, 0.25) is 0 Å². The third kappa shape index (κ3) is 6.37. The van der Waals surface area contributed by atoms with Crippen LogP contribution in [-0.2, 0) is 31.4 Å². The Kier molecular flexibility index (Phi) is 8.38. The summed E-state index contributed by atoms with van der Waals surface area (Å²) in [7, 11) is -2.08. The van der Waals surface area contributed by atoms with Gasteiger partial charge in [-0.15, -0.1) is 0 Å². The number of benzene rings is 2. The molecule has 0 saturated carbocycles. The van der Waals surface area contributed by atoms with E-state index >= 15 is 0 Å². The van der Waals surface area contributed by atoms with Gasteiger partial charge in [0, 0.05) is 19.5 Å². The van der Waals surface area contributed by atoms with Crippen molar-refractivity contribution < 1.29 is 22.7 Å². The molecule has 1 aliphatic heterocycles. The van der Waals surface area contributed by atoms with E-state index in [0.717, 1.165) is 5.56 Å². The molecular formula is C26H36N2O5S. The lowest BCUT2D eigenvalue weighted by atomic mass is 9.86. The molecule has 1 heterocycles. The fourth-order valence-electron chi connectivity index (χ4n) is 3.96. The number of nitrogens with zero attached hydrogens (tertiary/aromatic N) is 1. The molecule has 1 atom stereocenters. The van der Waals surface area contributed by atoms with Crippen molar-refractivity contribution in [3.8, 4) is 5.75 Å². The van der Waals surface area contributed by atoms with Gasteiger partial charge in [0.15, 0.2) is 0 Å². The first kappa shape index (κ1) is 26.2. The summed E-state index contributed by atoms with van der Waals surface area (Å²) in [5, 5.41) is 3.04. The van der Waals surface area contributed by atoms with Gasteiger partial charge in [-0.05, 0) is 53.6 Å². The molecule has 1 amide bonds. The van der Waals surface area contributed by atoms with E-state index in [-0.39, 0.29) is 28.7 Å². The van der Waals surface area contributed by atoms with Crippen molar-refractivity contribution in [2.45, 2.75) is 56.9 Å². The maximum Gasteiger partial charge on any atom is 0.243 e. The molecule has 0 radical (unpaired) electrons. The Morgan fingerprint density at radius 3 is 2.35 bits per heavy atom. The number of carbonyl (C=O) groups is 1. The third-order valence-electron chi connectivity index (χ3n) is 6.14. The fraction of sp³-hybridized carbons (Fsp3) is 0.500. The maximum absolute atomic E-state index is 13.0. The smallest absolute Gasteiger partial charge is 0.243 e. The van der Waals surface area contributed by atoms with E-state index in [1.165, 1.54) is 9.87 Å². The highest BCUT2D eigenvalue weighted by molar-refractivity contribution is 7.89. The van der Waals surface area contributed by atoms with Gasteiger partial charge in [-0.1, -0.05) is 45.0 Å². The van der Waals surface area contributed by atoms with Crippen LogP contribution < -0.4 is 10.1 Å². The molecule has 186 valence electrons. The summed E-state index contributed by atoms with van der Waals surface area (Å²) in [5.41, 5.74) is 3.05. The summed E-state index contributed by atoms with van der Waals surface area (Å²) in [4.78, 5) is 12.9. The predicted octanol–water partition coefficient (Wildman–Crippen LogP) is 3.82. The molecule has 3 rings (SSSR count). The van der Waals surface area contributed by atoms with Crippen molar-refractivity contribution in [3.05, 3.63) is 59.2 Å². The van der Waals surface area contributed by atoms with Crippen LogP contribution in [0.4, 0.5) is 0 Å². The Bertz CT molecular complexity index is 1090. The Labute approximate surface area is 203 Å². The lowest BCUT2D eigenvalue weighted by Gasteiger charge is -2.26. The predicted molar refractivity (Wildman–Crippen MR) is 133 cm³/mol. The molecule has 0 aromatic heterocycles. The van der Waals surface area contributed by atoms with Crippen molar-refractivity contribution in [2.24, 2.45) is 0 Å². The van der Waals surface area contributed by atoms with Crippen molar-refractivity contribution in [1.82, 2.24) is 9.62 Å². The van der Waals surface area contributed by atoms with E-state index < -0.39 is 10.0 Å². The minimum Gasteiger partial charge on any atom is -0.496 e. The van der Waals surface area contributed by atoms with Crippen LogP contribution in [-0.4, -0.2) is 52.0 Å². The number of rotatable bonds is 8. The van der Waals surface area contributed by atoms with Gasteiger partial charge in [0.1, 0.15) is 5.75 Å². The number of ether oxygens (including phenoxy) is 2. The van der Waals surface area contributed by atoms with Crippen LogP contribution in [0.3, 0.4) is 0 Å². The van der Waals surface area contributed by atoms with Crippen LogP contribution in [0.25, 0.3) is 0 Å². The highest BCUT2D eigenvalue weighted by Crippen LogP contribution is 2.27. The van der Waals surface area contributed by atoms with Gasteiger partial charge in [0.2, 0.25) is 15.9 Å². The van der Waals surface area contributed by atoms with Crippen LogP contribution in [0, 0.1) is 0 Å². The Morgan fingerprint density at radius 2 is 1.76 bits per heavy atom. The van der Waals surface area contributed by atoms with Gasteiger partial charge in [0.25, 0.3) is 0 Å². The molecule has 1 fully saturated rings. The van der Waals surface area contributed by atoms with Gasteiger partial charge in [-0.25, -0.2) is 8.42 Å². The van der Waals surface area contributed by atoms with E-state index in [9.17, 15) is 13.2 Å². The molecule has 1 N–H and O–H groups in total. The number of methoxy groups -OCH3 is 1. The number of carbonyl (C=O) groups excluding carboxylic acids is 1. The molecule has 34 heavy (non-hydrogen) atoms. The standard InChI is InChI=1S/C26H36N2O5S/c1-19(20-6-9-22(10-7-20)26(2,3)4)27-25(29)13-8-21-18-23(11-12-24(21)32-5)34(30,31)28-14-16-33-17-15-28/h6-7,9-12,18-19H,8,13-17H2,1-5H3,(H,27,29). The largest absolute Gasteiger partial charge is 0.496 e. The molecule has 2 aromatic rings. The number of aryl methyl sites for hydroxylation is 1. The van der Waals surface area contributed by atoms with E-state index in [0.29, 0.717) is 44.0 Å². The first-order valence-corrected chi connectivity index (χ1v) is 13.1. The second-order valence-electron chi connectivity index (χ2n) is 9.65. The summed E-state index contributed by atoms with van der Waals surface area (Å²) in [5.74, 6) is 0.468. The van der Waals surface area contributed by atoms with E-state index in [1.54, 1.807) is 25.3 Å². The monoisotopic (exact) mass is 488 g/mol. The minimum absolute atomic E-state index is 0.0772. The number of sulfonamides is 1. The van der Waals surface area contributed by atoms with Crippen LogP contribution in [0.1, 0.15) is 56.8 Å². The highest BCUT2D eigenvalue weighted by Gasteiger charge is 2.27. The van der Waals surface area contributed by atoms with Gasteiger partial charge < -0.3 is 14.8 Å². The molecule has 1 saturated heterocycles. The van der Waals surface area contributed by atoms with Gasteiger partial charge in [-0.3, -0.25) is 4.79 Å². The molecule has 1 unspecified atom stereocenters. The lowest BCUT2D eigenvalue weighted by Crippen LogP contribution is -2.40. The molecule has 7 nitrogen and oxygen atoms in total. The molecular weight excluding hydrogens is 452 g/mol. The quantitative estimate of drug-likeness (QED) is 0.611. The second kappa shape index (κ2) is 10.9. The normalized spacial score (nSPS) is 16.1. The summed E-state index contributed by atoms with van der Waals surface area (Å²) in [6, 6.07) is 13.0.